The van der Waals surface area contributed by atoms with Gasteiger partial charge in [0, 0.05) is 13.1 Å². The summed E-state index contributed by atoms with van der Waals surface area (Å²) >= 11 is 0. The first-order valence-electron chi connectivity index (χ1n) is 5.59. The third-order valence-electron chi connectivity index (χ3n) is 4.02. The van der Waals surface area contributed by atoms with Gasteiger partial charge in [-0.25, -0.2) is 0 Å². The molecule has 3 heteroatoms. The van der Waals surface area contributed by atoms with Crippen molar-refractivity contribution in [1.82, 2.24) is 5.32 Å². The smallest absolute Gasteiger partial charge is 0.0856 e. The molecule has 1 atom stereocenters. The van der Waals surface area contributed by atoms with Crippen LogP contribution < -0.4 is 11.1 Å². The summed E-state index contributed by atoms with van der Waals surface area (Å²) in [4.78, 5) is 0. The van der Waals surface area contributed by atoms with Gasteiger partial charge in [-0.1, -0.05) is 13.8 Å². The van der Waals surface area contributed by atoms with Crippen LogP contribution in [0, 0.1) is 5.41 Å². The van der Waals surface area contributed by atoms with Crippen molar-refractivity contribution >= 4 is 0 Å². The third-order valence-corrected chi connectivity index (χ3v) is 4.02. The van der Waals surface area contributed by atoms with Gasteiger partial charge in [-0.3, -0.25) is 0 Å². The summed E-state index contributed by atoms with van der Waals surface area (Å²) in [5, 5.41) is 13.8. The lowest BCUT2D eigenvalue weighted by molar-refractivity contribution is -0.111. The fourth-order valence-electron chi connectivity index (χ4n) is 2.98. The van der Waals surface area contributed by atoms with E-state index in [1.165, 1.54) is 6.42 Å². The maximum atomic E-state index is 10.6. The van der Waals surface area contributed by atoms with Gasteiger partial charge < -0.3 is 16.2 Å². The van der Waals surface area contributed by atoms with Gasteiger partial charge in [0.25, 0.3) is 0 Å². The molecule has 0 aromatic rings. The average Bonchev–Trinajstić information content (AvgIpc) is 1.97. The molecule has 1 saturated heterocycles. The van der Waals surface area contributed by atoms with Crippen LogP contribution in [0.3, 0.4) is 0 Å². The summed E-state index contributed by atoms with van der Waals surface area (Å²) in [6.45, 7) is 5.98. The molecule has 4 N–H and O–H groups in total. The van der Waals surface area contributed by atoms with Crippen LogP contribution in [0.1, 0.15) is 39.5 Å². The molecule has 1 saturated carbocycles. The Hall–Kier alpha value is -0.120. The van der Waals surface area contributed by atoms with Crippen LogP contribution >= 0.6 is 0 Å². The molecule has 1 aliphatic carbocycles. The normalized spacial score (nSPS) is 40.3. The number of hydrogen-bond donors (Lipinski definition) is 3. The lowest BCUT2D eigenvalue weighted by Crippen LogP contribution is -2.78. The lowest BCUT2D eigenvalue weighted by atomic mass is 9.61. The first-order valence-corrected chi connectivity index (χ1v) is 5.59. The van der Waals surface area contributed by atoms with Crippen molar-refractivity contribution in [2.45, 2.75) is 50.7 Å². The van der Waals surface area contributed by atoms with Gasteiger partial charge in [0.1, 0.15) is 0 Å². The van der Waals surface area contributed by atoms with E-state index in [9.17, 15) is 5.11 Å². The summed E-state index contributed by atoms with van der Waals surface area (Å²) in [5.41, 5.74) is 5.46. The predicted molar refractivity (Wildman–Crippen MR) is 57.0 cm³/mol. The summed E-state index contributed by atoms with van der Waals surface area (Å²) in [6.07, 6.45) is 4.02. The van der Waals surface area contributed by atoms with E-state index in [2.05, 4.69) is 19.2 Å². The van der Waals surface area contributed by atoms with E-state index in [0.717, 1.165) is 32.4 Å². The highest BCUT2D eigenvalue weighted by atomic mass is 16.3. The second-order valence-corrected chi connectivity index (χ2v) is 5.99. The molecular weight excluding hydrogens is 176 g/mol. The molecule has 0 radical (unpaired) electrons. The van der Waals surface area contributed by atoms with Gasteiger partial charge in [-0.05, 0) is 31.1 Å². The van der Waals surface area contributed by atoms with Crippen molar-refractivity contribution in [3.8, 4) is 0 Å². The Labute approximate surface area is 86.1 Å². The monoisotopic (exact) mass is 198 g/mol. The van der Waals surface area contributed by atoms with Crippen LogP contribution in [0.5, 0.6) is 0 Å². The molecular formula is C11H22N2O. The minimum absolute atomic E-state index is 0.245. The maximum absolute atomic E-state index is 10.6. The Morgan fingerprint density at radius 1 is 1.21 bits per heavy atom. The zero-order chi connectivity index (χ0) is 10.4. The summed E-state index contributed by atoms with van der Waals surface area (Å²) < 4.78 is 0. The van der Waals surface area contributed by atoms with Crippen molar-refractivity contribution in [3.63, 3.8) is 0 Å². The first kappa shape index (κ1) is 10.4. The number of nitrogens with one attached hydrogen (secondary N) is 1. The fourth-order valence-corrected chi connectivity index (χ4v) is 2.98. The minimum atomic E-state index is -0.639. The molecule has 2 aliphatic rings. The molecule has 82 valence electrons. The van der Waals surface area contributed by atoms with E-state index in [1.54, 1.807) is 0 Å². The van der Waals surface area contributed by atoms with Crippen LogP contribution in [0.2, 0.25) is 0 Å². The Bertz CT molecular complexity index is 235. The summed E-state index contributed by atoms with van der Waals surface area (Å²) in [6, 6.07) is 0. The van der Waals surface area contributed by atoms with Crippen LogP contribution in [-0.4, -0.2) is 29.3 Å². The number of rotatable bonds is 1. The molecule has 1 aliphatic heterocycles. The number of aliphatic hydroxyl groups is 1. The van der Waals surface area contributed by atoms with E-state index in [1.807, 2.05) is 0 Å². The van der Waals surface area contributed by atoms with Crippen molar-refractivity contribution in [1.29, 1.82) is 0 Å². The van der Waals surface area contributed by atoms with E-state index in [0.29, 0.717) is 0 Å². The van der Waals surface area contributed by atoms with Crippen molar-refractivity contribution in [2.24, 2.45) is 11.1 Å². The maximum Gasteiger partial charge on any atom is 0.0856 e. The Kier molecular flexibility index (Phi) is 2.18. The van der Waals surface area contributed by atoms with Crippen LogP contribution in [0.4, 0.5) is 0 Å². The van der Waals surface area contributed by atoms with Gasteiger partial charge >= 0.3 is 0 Å². The van der Waals surface area contributed by atoms with Gasteiger partial charge in [0.2, 0.25) is 0 Å². The molecule has 0 aromatic heterocycles. The minimum Gasteiger partial charge on any atom is -0.388 e. The molecule has 0 amide bonds. The molecule has 2 fully saturated rings. The standard InChI is InChI=1S/C11H22N2O/c1-9(2)4-3-5-11(14,6-9)10(12)7-13-8-10/h13-14H,3-8,12H2,1-2H3. The zero-order valence-corrected chi connectivity index (χ0v) is 9.27. The zero-order valence-electron chi connectivity index (χ0n) is 9.27. The molecule has 0 spiro atoms. The number of nitrogens with two attached hydrogens (primary N) is 1. The summed E-state index contributed by atoms with van der Waals surface area (Å²) in [5.74, 6) is 0. The summed E-state index contributed by atoms with van der Waals surface area (Å²) in [7, 11) is 0. The highest BCUT2D eigenvalue weighted by molar-refractivity contribution is 5.14. The van der Waals surface area contributed by atoms with E-state index in [4.69, 9.17) is 5.73 Å². The lowest BCUT2D eigenvalue weighted by Gasteiger charge is -2.55. The van der Waals surface area contributed by atoms with Crippen molar-refractivity contribution in [2.75, 3.05) is 13.1 Å². The average molecular weight is 198 g/mol. The van der Waals surface area contributed by atoms with Gasteiger partial charge in [-0.2, -0.15) is 0 Å². The van der Waals surface area contributed by atoms with E-state index < -0.39 is 5.60 Å². The topological polar surface area (TPSA) is 58.3 Å². The van der Waals surface area contributed by atoms with E-state index in [-0.39, 0.29) is 11.0 Å². The molecule has 2 rings (SSSR count). The van der Waals surface area contributed by atoms with Crippen molar-refractivity contribution in [3.05, 3.63) is 0 Å². The highest BCUT2D eigenvalue weighted by Crippen LogP contribution is 2.45. The van der Waals surface area contributed by atoms with Crippen molar-refractivity contribution < 1.29 is 5.11 Å². The molecule has 3 nitrogen and oxygen atoms in total. The van der Waals surface area contributed by atoms with E-state index >= 15 is 0 Å². The first-order chi connectivity index (χ1) is 6.37. The van der Waals surface area contributed by atoms with Gasteiger partial charge in [0.05, 0.1) is 11.1 Å². The Morgan fingerprint density at radius 3 is 2.29 bits per heavy atom. The SMILES string of the molecule is CC1(C)CCCC(O)(C2(N)CNC2)C1. The molecule has 1 heterocycles. The molecule has 0 aromatic carbocycles. The second-order valence-electron chi connectivity index (χ2n) is 5.99. The fraction of sp³-hybridized carbons (Fsp3) is 1.00. The second kappa shape index (κ2) is 2.94. The predicted octanol–water partition coefficient (Wildman–Crippen LogP) is 0.618. The molecule has 14 heavy (non-hydrogen) atoms. The van der Waals surface area contributed by atoms with Gasteiger partial charge in [0.15, 0.2) is 0 Å². The largest absolute Gasteiger partial charge is 0.388 e. The Balaban J connectivity index is 2.14. The van der Waals surface area contributed by atoms with Crippen LogP contribution in [-0.2, 0) is 0 Å². The van der Waals surface area contributed by atoms with Crippen LogP contribution in [0.15, 0.2) is 0 Å². The molecule has 1 unspecified atom stereocenters. The van der Waals surface area contributed by atoms with Crippen LogP contribution in [0.25, 0.3) is 0 Å². The number of hydrogen-bond acceptors (Lipinski definition) is 3. The quantitative estimate of drug-likeness (QED) is 0.579. The third kappa shape index (κ3) is 1.47. The highest BCUT2D eigenvalue weighted by Gasteiger charge is 2.54. The molecule has 0 bridgehead atoms. The van der Waals surface area contributed by atoms with Gasteiger partial charge in [-0.15, -0.1) is 0 Å². The Morgan fingerprint density at radius 2 is 1.86 bits per heavy atom.